The fourth-order valence-corrected chi connectivity index (χ4v) is 1.05. The number of aliphatic carboxylic acids is 2. The number of carboxylic acid groups (broad SMARTS) is 2. The quantitative estimate of drug-likeness (QED) is 0.607. The van der Waals surface area contributed by atoms with Gasteiger partial charge in [-0.15, -0.1) is 0 Å². The molecule has 0 saturated carbocycles. The third-order valence-electron chi connectivity index (χ3n) is 2.02. The van der Waals surface area contributed by atoms with E-state index in [0.717, 1.165) is 0 Å². The molecule has 1 atom stereocenters. The van der Waals surface area contributed by atoms with E-state index < -0.39 is 23.4 Å². The molecule has 0 spiro atoms. The average Bonchev–Trinajstić information content (AvgIpc) is 1.98. The molecular weight excluding hydrogens is 186 g/mol. The summed E-state index contributed by atoms with van der Waals surface area (Å²) in [5.41, 5.74) is -1.32. The molecule has 1 unspecified atom stereocenters. The first-order chi connectivity index (χ1) is 6.19. The molecule has 0 rings (SSSR count). The lowest BCUT2D eigenvalue weighted by atomic mass is 9.84. The molecule has 0 aliphatic carbocycles. The van der Waals surface area contributed by atoms with E-state index in [1.807, 2.05) is 0 Å². The van der Waals surface area contributed by atoms with Gasteiger partial charge in [0.25, 0.3) is 0 Å². The minimum absolute atomic E-state index is 0.0743. The van der Waals surface area contributed by atoms with Crippen LogP contribution in [0.15, 0.2) is 0 Å². The van der Waals surface area contributed by atoms with Crippen molar-refractivity contribution in [3.63, 3.8) is 0 Å². The Balaban J connectivity index is 4.82. The molecule has 0 saturated heterocycles. The zero-order chi connectivity index (χ0) is 11.5. The fourth-order valence-electron chi connectivity index (χ4n) is 1.05. The van der Waals surface area contributed by atoms with Crippen LogP contribution in [-0.2, 0) is 9.59 Å². The first-order valence-corrected chi connectivity index (χ1v) is 4.41. The zero-order valence-electron chi connectivity index (χ0n) is 8.87. The minimum Gasteiger partial charge on any atom is -0.481 e. The van der Waals surface area contributed by atoms with Crippen molar-refractivity contribution in [2.24, 2.45) is 5.41 Å². The summed E-state index contributed by atoms with van der Waals surface area (Å²) in [7, 11) is 0. The number of carbonyl (C=O) groups is 2. The van der Waals surface area contributed by atoms with Crippen LogP contribution in [0.5, 0.6) is 0 Å². The Kier molecular flexibility index (Phi) is 4.07. The van der Waals surface area contributed by atoms with Crippen LogP contribution in [0, 0.1) is 5.41 Å². The summed E-state index contributed by atoms with van der Waals surface area (Å²) >= 11 is 0. The molecule has 82 valence electrons. The van der Waals surface area contributed by atoms with Gasteiger partial charge in [0.2, 0.25) is 0 Å². The van der Waals surface area contributed by atoms with Crippen molar-refractivity contribution in [3.8, 4) is 0 Å². The zero-order valence-corrected chi connectivity index (χ0v) is 8.87. The van der Waals surface area contributed by atoms with Gasteiger partial charge >= 0.3 is 11.9 Å². The SMILES string of the molecule is CC(C)NC(C(=O)O)C(C)(C)C(=O)O. The van der Waals surface area contributed by atoms with Gasteiger partial charge in [0.15, 0.2) is 0 Å². The molecule has 0 aromatic heterocycles. The number of hydrogen-bond donors (Lipinski definition) is 3. The topological polar surface area (TPSA) is 86.6 Å². The molecule has 0 aliphatic heterocycles. The van der Waals surface area contributed by atoms with Crippen LogP contribution in [0.1, 0.15) is 27.7 Å². The van der Waals surface area contributed by atoms with Gasteiger partial charge in [-0.25, -0.2) is 0 Å². The van der Waals surface area contributed by atoms with E-state index in [2.05, 4.69) is 5.32 Å². The fraction of sp³-hybridized carbons (Fsp3) is 0.778. The Hall–Kier alpha value is -1.10. The van der Waals surface area contributed by atoms with Crippen LogP contribution < -0.4 is 5.32 Å². The lowest BCUT2D eigenvalue weighted by Gasteiger charge is -2.29. The summed E-state index contributed by atoms with van der Waals surface area (Å²) in [6, 6.07) is -1.16. The van der Waals surface area contributed by atoms with E-state index in [4.69, 9.17) is 10.2 Å². The molecule has 0 aromatic rings. The average molecular weight is 203 g/mol. The lowest BCUT2D eigenvalue weighted by molar-refractivity contribution is -0.157. The Morgan fingerprint density at radius 1 is 1.21 bits per heavy atom. The summed E-state index contributed by atoms with van der Waals surface area (Å²) in [5, 5.41) is 20.5. The van der Waals surface area contributed by atoms with Gasteiger partial charge in [-0.05, 0) is 13.8 Å². The van der Waals surface area contributed by atoms with Gasteiger partial charge in [0.05, 0.1) is 5.41 Å². The van der Waals surface area contributed by atoms with Crippen LogP contribution in [0.2, 0.25) is 0 Å². The van der Waals surface area contributed by atoms with Crippen molar-refractivity contribution >= 4 is 11.9 Å². The molecule has 0 aromatic carbocycles. The summed E-state index contributed by atoms with van der Waals surface area (Å²) in [4.78, 5) is 21.7. The molecule has 0 aliphatic rings. The third kappa shape index (κ3) is 2.99. The standard InChI is InChI=1S/C9H17NO4/c1-5(2)10-6(7(11)12)9(3,4)8(13)14/h5-6,10H,1-4H3,(H,11,12)(H,13,14). The van der Waals surface area contributed by atoms with Gasteiger partial charge in [0, 0.05) is 6.04 Å². The maximum Gasteiger partial charge on any atom is 0.321 e. The van der Waals surface area contributed by atoms with Crippen molar-refractivity contribution in [2.75, 3.05) is 0 Å². The summed E-state index contributed by atoms with van der Waals surface area (Å²) in [6.07, 6.45) is 0. The predicted molar refractivity (Wildman–Crippen MR) is 51.1 cm³/mol. The van der Waals surface area contributed by atoms with E-state index in [1.165, 1.54) is 13.8 Å². The number of hydrogen-bond acceptors (Lipinski definition) is 3. The van der Waals surface area contributed by atoms with Crippen molar-refractivity contribution in [1.82, 2.24) is 5.32 Å². The normalized spacial score (nSPS) is 14.1. The molecule has 0 heterocycles. The van der Waals surface area contributed by atoms with E-state index in [0.29, 0.717) is 0 Å². The molecule has 0 fully saturated rings. The first kappa shape index (κ1) is 12.9. The van der Waals surface area contributed by atoms with Crippen LogP contribution in [0.4, 0.5) is 0 Å². The van der Waals surface area contributed by atoms with Crippen LogP contribution in [0.25, 0.3) is 0 Å². The van der Waals surface area contributed by atoms with Crippen LogP contribution in [0.3, 0.4) is 0 Å². The largest absolute Gasteiger partial charge is 0.481 e. The second-order valence-corrected chi connectivity index (χ2v) is 4.12. The van der Waals surface area contributed by atoms with E-state index in [1.54, 1.807) is 13.8 Å². The highest BCUT2D eigenvalue weighted by atomic mass is 16.4. The van der Waals surface area contributed by atoms with Crippen LogP contribution in [-0.4, -0.2) is 34.2 Å². The maximum atomic E-state index is 10.9. The highest BCUT2D eigenvalue weighted by molar-refractivity contribution is 5.85. The molecule has 5 nitrogen and oxygen atoms in total. The molecule has 0 bridgehead atoms. The number of carboxylic acids is 2. The van der Waals surface area contributed by atoms with E-state index in [-0.39, 0.29) is 6.04 Å². The first-order valence-electron chi connectivity index (χ1n) is 4.41. The Labute approximate surface area is 83.1 Å². The Bertz CT molecular complexity index is 235. The lowest BCUT2D eigenvalue weighted by Crippen LogP contribution is -2.53. The molecular formula is C9H17NO4. The van der Waals surface area contributed by atoms with Gasteiger partial charge in [-0.2, -0.15) is 0 Å². The smallest absolute Gasteiger partial charge is 0.321 e. The minimum atomic E-state index is -1.32. The number of nitrogens with one attached hydrogen (secondary N) is 1. The van der Waals surface area contributed by atoms with Crippen LogP contribution >= 0.6 is 0 Å². The van der Waals surface area contributed by atoms with Crippen molar-refractivity contribution in [1.29, 1.82) is 0 Å². The summed E-state index contributed by atoms with van der Waals surface area (Å²) < 4.78 is 0. The Morgan fingerprint density at radius 3 is 1.86 bits per heavy atom. The second-order valence-electron chi connectivity index (χ2n) is 4.12. The van der Waals surface area contributed by atoms with Crippen molar-refractivity contribution in [3.05, 3.63) is 0 Å². The summed E-state index contributed by atoms with van der Waals surface area (Å²) in [6.45, 7) is 6.33. The monoisotopic (exact) mass is 203 g/mol. The molecule has 14 heavy (non-hydrogen) atoms. The summed E-state index contributed by atoms with van der Waals surface area (Å²) in [5.74, 6) is -2.27. The maximum absolute atomic E-state index is 10.9. The molecule has 0 radical (unpaired) electrons. The highest BCUT2D eigenvalue weighted by Crippen LogP contribution is 2.21. The van der Waals surface area contributed by atoms with Crippen molar-refractivity contribution in [2.45, 2.75) is 39.8 Å². The van der Waals surface area contributed by atoms with Gasteiger partial charge in [-0.3, -0.25) is 9.59 Å². The molecule has 3 N–H and O–H groups in total. The molecule has 5 heteroatoms. The number of rotatable bonds is 5. The Morgan fingerprint density at radius 2 is 1.64 bits per heavy atom. The third-order valence-corrected chi connectivity index (χ3v) is 2.02. The van der Waals surface area contributed by atoms with Gasteiger partial charge < -0.3 is 15.5 Å². The van der Waals surface area contributed by atoms with E-state index in [9.17, 15) is 9.59 Å². The van der Waals surface area contributed by atoms with Crippen molar-refractivity contribution < 1.29 is 19.8 Å². The second kappa shape index (κ2) is 4.41. The van der Waals surface area contributed by atoms with E-state index >= 15 is 0 Å². The predicted octanol–water partition coefficient (Wildman–Crippen LogP) is 0.548. The van der Waals surface area contributed by atoms with Gasteiger partial charge in [0.1, 0.15) is 6.04 Å². The highest BCUT2D eigenvalue weighted by Gasteiger charge is 2.41. The molecule has 0 amide bonds. The van der Waals surface area contributed by atoms with Gasteiger partial charge in [-0.1, -0.05) is 13.8 Å².